The van der Waals surface area contributed by atoms with Crippen molar-refractivity contribution >= 4 is 21.2 Å². The molecular weight excluding hydrogens is 433 g/mol. The number of nitrogens with one attached hydrogen (secondary N) is 2. The smallest absolute Gasteiger partial charge is 0.317 e. The van der Waals surface area contributed by atoms with Crippen molar-refractivity contribution in [3.63, 3.8) is 0 Å². The predicted molar refractivity (Wildman–Crippen MR) is 108 cm³/mol. The summed E-state index contributed by atoms with van der Waals surface area (Å²) in [6.45, 7) is 1.87. The third kappa shape index (κ3) is 4.41. The maximum absolute atomic E-state index is 13.7. The molecule has 4 rings (SSSR count). The maximum atomic E-state index is 13.7. The molecule has 0 spiro atoms. The Morgan fingerprint density at radius 1 is 1.06 bits per heavy atom. The molecule has 2 heterocycles. The molecule has 1 fully saturated rings. The number of benzene rings is 1. The van der Waals surface area contributed by atoms with Gasteiger partial charge in [0, 0.05) is 5.57 Å². The molecule has 4 N–H and O–H groups in total. The van der Waals surface area contributed by atoms with Gasteiger partial charge in [0.15, 0.2) is 0 Å². The summed E-state index contributed by atoms with van der Waals surface area (Å²) in [5, 5.41) is 21.6. The lowest BCUT2D eigenvalue weighted by atomic mass is 9.85. The van der Waals surface area contributed by atoms with Crippen molar-refractivity contribution in [3.05, 3.63) is 51.7 Å². The molecule has 0 atom stereocenters. The second kappa shape index (κ2) is 8.17. The van der Waals surface area contributed by atoms with Gasteiger partial charge in [-0.15, -0.1) is 10.2 Å². The van der Waals surface area contributed by atoms with Crippen LogP contribution in [-0.2, 0) is 10.0 Å². The number of primary sulfonamides is 1. The van der Waals surface area contributed by atoms with Crippen LogP contribution in [0.15, 0.2) is 34.7 Å². The number of halogens is 3. The number of rotatable bonds is 4. The van der Waals surface area contributed by atoms with Gasteiger partial charge >= 0.3 is 6.18 Å². The van der Waals surface area contributed by atoms with Crippen molar-refractivity contribution in [2.24, 2.45) is 5.14 Å². The summed E-state index contributed by atoms with van der Waals surface area (Å²) in [5.41, 5.74) is 0.658. The topological polar surface area (TPSA) is 127 Å². The minimum atomic E-state index is -4.86. The number of aromatic amines is 1. The van der Waals surface area contributed by atoms with Gasteiger partial charge in [0.1, 0.15) is 4.91 Å². The first-order valence-electron chi connectivity index (χ1n) is 9.78. The molecule has 31 heavy (non-hydrogen) atoms. The highest BCUT2D eigenvalue weighted by Gasteiger charge is 2.44. The molecular formula is C19H21F3N6O2S. The summed E-state index contributed by atoms with van der Waals surface area (Å²) >= 11 is 0. The van der Waals surface area contributed by atoms with Crippen molar-refractivity contribution < 1.29 is 21.6 Å². The standard InChI is InChI=1S/C19H21F3N6O2S/c20-19(21,22)15-6-5-14(16(17(15)31(23,29)30)18-25-27-28-26-18)13-3-1-11(2-4-13)12-7-9-24-10-8-12/h1-4,12,24H,5-10H2,(H2,23,29,30)(H,25,26,27,28). The lowest BCUT2D eigenvalue weighted by Crippen LogP contribution is -2.27. The van der Waals surface area contributed by atoms with E-state index in [0.29, 0.717) is 17.1 Å². The molecule has 1 aromatic carbocycles. The SMILES string of the molecule is NS(=O)(=O)C1=C(C(F)(F)F)CCC(c2ccc(C3CCNCC3)cc2)=C1c1nn[nH]n1. The Balaban J connectivity index is 1.87. The van der Waals surface area contributed by atoms with Crippen LogP contribution < -0.4 is 10.5 Å². The van der Waals surface area contributed by atoms with Gasteiger partial charge in [0.2, 0.25) is 15.8 Å². The molecule has 2 aliphatic rings. The lowest BCUT2D eigenvalue weighted by molar-refractivity contribution is -0.0941. The Morgan fingerprint density at radius 2 is 1.74 bits per heavy atom. The van der Waals surface area contributed by atoms with Crippen LogP contribution in [0.25, 0.3) is 11.1 Å². The lowest BCUT2D eigenvalue weighted by Gasteiger charge is -2.26. The van der Waals surface area contributed by atoms with Gasteiger partial charge in [-0.2, -0.15) is 18.4 Å². The van der Waals surface area contributed by atoms with E-state index in [-0.39, 0.29) is 17.8 Å². The zero-order valence-electron chi connectivity index (χ0n) is 16.4. The molecule has 1 aromatic heterocycles. The zero-order chi connectivity index (χ0) is 22.2. The number of nitrogens with zero attached hydrogens (tertiary/aromatic N) is 3. The Morgan fingerprint density at radius 3 is 2.29 bits per heavy atom. The fourth-order valence-electron chi connectivity index (χ4n) is 4.27. The fourth-order valence-corrected chi connectivity index (χ4v) is 5.33. The number of H-pyrrole nitrogens is 1. The normalized spacial score (nSPS) is 19.2. The van der Waals surface area contributed by atoms with E-state index in [1.807, 2.05) is 12.1 Å². The molecule has 2 aromatic rings. The summed E-state index contributed by atoms with van der Waals surface area (Å²) < 4.78 is 65.5. The number of aromatic nitrogens is 4. The Hall–Kier alpha value is -2.57. The van der Waals surface area contributed by atoms with Gasteiger partial charge in [-0.25, -0.2) is 13.6 Å². The van der Waals surface area contributed by atoms with Gasteiger partial charge in [0.25, 0.3) is 0 Å². The fraction of sp³-hybridized carbons (Fsp3) is 0.421. The monoisotopic (exact) mass is 454 g/mol. The first-order valence-corrected chi connectivity index (χ1v) is 11.3. The number of tetrazole rings is 1. The summed E-state index contributed by atoms with van der Waals surface area (Å²) in [6, 6.07) is 7.47. The molecule has 1 aliphatic carbocycles. The highest BCUT2D eigenvalue weighted by molar-refractivity contribution is 7.93. The van der Waals surface area contributed by atoms with E-state index in [4.69, 9.17) is 5.14 Å². The summed E-state index contributed by atoms with van der Waals surface area (Å²) in [6.07, 6.45) is -3.40. The van der Waals surface area contributed by atoms with E-state index in [2.05, 4.69) is 25.9 Å². The van der Waals surface area contributed by atoms with Crippen molar-refractivity contribution in [3.8, 4) is 0 Å². The van der Waals surface area contributed by atoms with E-state index >= 15 is 0 Å². The van der Waals surface area contributed by atoms with E-state index in [1.54, 1.807) is 12.1 Å². The zero-order valence-corrected chi connectivity index (χ0v) is 17.2. The first kappa shape index (κ1) is 21.7. The third-order valence-electron chi connectivity index (χ3n) is 5.69. The quantitative estimate of drug-likeness (QED) is 0.652. The van der Waals surface area contributed by atoms with Crippen LogP contribution in [-0.4, -0.2) is 48.3 Å². The first-order chi connectivity index (χ1) is 14.7. The molecule has 12 heteroatoms. The second-order valence-electron chi connectivity index (χ2n) is 7.59. The average Bonchev–Trinajstić information content (AvgIpc) is 3.27. The molecule has 1 aliphatic heterocycles. The summed E-state index contributed by atoms with van der Waals surface area (Å²) in [5.74, 6) is 0.159. The second-order valence-corrected chi connectivity index (χ2v) is 9.08. The van der Waals surface area contributed by atoms with E-state index in [9.17, 15) is 21.6 Å². The van der Waals surface area contributed by atoms with E-state index in [1.165, 1.54) is 0 Å². The van der Waals surface area contributed by atoms with Crippen LogP contribution in [0.5, 0.6) is 0 Å². The molecule has 0 saturated carbocycles. The van der Waals surface area contributed by atoms with Crippen LogP contribution in [0.4, 0.5) is 13.2 Å². The number of alkyl halides is 3. The van der Waals surface area contributed by atoms with Crippen molar-refractivity contribution in [1.82, 2.24) is 25.9 Å². The minimum absolute atomic E-state index is 0.0373. The van der Waals surface area contributed by atoms with Gasteiger partial charge < -0.3 is 5.32 Å². The summed E-state index contributed by atoms with van der Waals surface area (Å²) in [4.78, 5) is -0.995. The third-order valence-corrected chi connectivity index (χ3v) is 6.71. The van der Waals surface area contributed by atoms with Crippen LogP contribution in [0.2, 0.25) is 0 Å². The highest BCUT2D eigenvalue weighted by atomic mass is 32.2. The van der Waals surface area contributed by atoms with Crippen LogP contribution >= 0.6 is 0 Å². The number of hydrogen-bond acceptors (Lipinski definition) is 6. The molecule has 0 amide bonds. The van der Waals surface area contributed by atoms with Crippen molar-refractivity contribution in [2.45, 2.75) is 37.8 Å². The van der Waals surface area contributed by atoms with Crippen molar-refractivity contribution in [1.29, 1.82) is 0 Å². The number of piperidine rings is 1. The molecule has 0 unspecified atom stereocenters. The van der Waals surface area contributed by atoms with E-state index in [0.717, 1.165) is 31.5 Å². The molecule has 8 nitrogen and oxygen atoms in total. The van der Waals surface area contributed by atoms with Crippen LogP contribution in [0.1, 0.15) is 48.6 Å². The average molecular weight is 454 g/mol. The van der Waals surface area contributed by atoms with Crippen LogP contribution in [0, 0.1) is 0 Å². The van der Waals surface area contributed by atoms with Gasteiger partial charge in [0.05, 0.1) is 5.57 Å². The van der Waals surface area contributed by atoms with Crippen molar-refractivity contribution in [2.75, 3.05) is 13.1 Å². The highest BCUT2D eigenvalue weighted by Crippen LogP contribution is 2.47. The molecule has 1 saturated heterocycles. The van der Waals surface area contributed by atoms with Gasteiger partial charge in [-0.3, -0.25) is 0 Å². The number of sulfonamides is 1. The van der Waals surface area contributed by atoms with E-state index < -0.39 is 33.1 Å². The molecule has 0 bridgehead atoms. The Bertz CT molecular complexity index is 1120. The maximum Gasteiger partial charge on any atom is 0.414 e. The molecule has 0 radical (unpaired) electrons. The minimum Gasteiger partial charge on any atom is -0.317 e. The largest absolute Gasteiger partial charge is 0.414 e. The number of nitrogens with two attached hydrogens (primary N) is 1. The van der Waals surface area contributed by atoms with Crippen LogP contribution in [0.3, 0.4) is 0 Å². The predicted octanol–water partition coefficient (Wildman–Crippen LogP) is 2.48. The number of allylic oxidation sites excluding steroid dienone is 3. The van der Waals surface area contributed by atoms with Gasteiger partial charge in [-0.1, -0.05) is 24.3 Å². The Labute approximate surface area is 176 Å². The Kier molecular flexibility index (Phi) is 5.71. The number of hydrogen-bond donors (Lipinski definition) is 3. The molecule has 166 valence electrons. The summed E-state index contributed by atoms with van der Waals surface area (Å²) in [7, 11) is -4.73. The van der Waals surface area contributed by atoms with Gasteiger partial charge in [-0.05, 0) is 66.6 Å².